The van der Waals surface area contributed by atoms with Gasteiger partial charge in [-0.25, -0.2) is 4.98 Å². The van der Waals surface area contributed by atoms with Crippen molar-refractivity contribution in [3.05, 3.63) is 36.5 Å². The summed E-state index contributed by atoms with van der Waals surface area (Å²) in [5, 5.41) is 2.40. The standard InChI is InChI=1S/C11H6BNS/c12-7-3-4-10-9(6-7)8-2-1-5-13-11(8)14-10/h1-6H. The van der Waals surface area contributed by atoms with Crippen LogP contribution in [0.4, 0.5) is 0 Å². The topological polar surface area (TPSA) is 12.9 Å². The van der Waals surface area contributed by atoms with Crippen LogP contribution < -0.4 is 5.46 Å². The van der Waals surface area contributed by atoms with Gasteiger partial charge in [-0.1, -0.05) is 17.6 Å². The van der Waals surface area contributed by atoms with Gasteiger partial charge in [0.25, 0.3) is 0 Å². The number of aromatic nitrogens is 1. The van der Waals surface area contributed by atoms with Crippen molar-refractivity contribution in [3.8, 4) is 0 Å². The largest absolute Gasteiger partial charge is 0.245 e. The molecule has 0 spiro atoms. The number of hydrogen-bond donors (Lipinski definition) is 0. The SMILES string of the molecule is [B]c1ccc2sc3ncccc3c2c1. The monoisotopic (exact) mass is 195 g/mol. The molecule has 3 rings (SSSR count). The van der Waals surface area contributed by atoms with Crippen LogP contribution in [0.5, 0.6) is 0 Å². The fraction of sp³-hybridized carbons (Fsp3) is 0. The normalized spacial score (nSPS) is 11.1. The molecule has 14 heavy (non-hydrogen) atoms. The van der Waals surface area contributed by atoms with Gasteiger partial charge < -0.3 is 0 Å². The first kappa shape index (κ1) is 8.00. The van der Waals surface area contributed by atoms with E-state index < -0.39 is 0 Å². The van der Waals surface area contributed by atoms with Crippen molar-refractivity contribution in [2.24, 2.45) is 0 Å². The lowest BCUT2D eigenvalue weighted by molar-refractivity contribution is 1.45. The van der Waals surface area contributed by atoms with E-state index in [1.54, 1.807) is 11.3 Å². The molecule has 0 saturated carbocycles. The second kappa shape index (κ2) is 2.82. The summed E-state index contributed by atoms with van der Waals surface area (Å²) < 4.78 is 1.24. The Bertz CT molecular complexity index is 615. The molecule has 3 aromatic rings. The van der Waals surface area contributed by atoms with Crippen molar-refractivity contribution in [3.63, 3.8) is 0 Å². The maximum Gasteiger partial charge on any atom is 0.124 e. The Morgan fingerprint density at radius 1 is 1.14 bits per heavy atom. The second-order valence-corrected chi connectivity index (χ2v) is 4.24. The van der Waals surface area contributed by atoms with Gasteiger partial charge in [0, 0.05) is 21.7 Å². The molecule has 3 heteroatoms. The van der Waals surface area contributed by atoms with Crippen LogP contribution >= 0.6 is 11.3 Å². The third kappa shape index (κ3) is 1.06. The Morgan fingerprint density at radius 2 is 2.07 bits per heavy atom. The fourth-order valence-corrected chi connectivity index (χ4v) is 2.65. The van der Waals surface area contributed by atoms with E-state index in [2.05, 4.69) is 17.1 Å². The first-order chi connectivity index (χ1) is 6.84. The molecule has 0 aliphatic heterocycles. The summed E-state index contributed by atoms with van der Waals surface area (Å²) in [6.45, 7) is 0. The van der Waals surface area contributed by atoms with Crippen molar-refractivity contribution in [2.75, 3.05) is 0 Å². The Hall–Kier alpha value is -1.35. The van der Waals surface area contributed by atoms with Crippen molar-refractivity contribution in [1.82, 2.24) is 4.98 Å². The van der Waals surface area contributed by atoms with Crippen molar-refractivity contribution < 1.29 is 0 Å². The lowest BCUT2D eigenvalue weighted by Gasteiger charge is -1.92. The second-order valence-electron chi connectivity index (χ2n) is 3.21. The first-order valence-electron chi connectivity index (χ1n) is 4.37. The summed E-state index contributed by atoms with van der Waals surface area (Å²) in [6, 6.07) is 10.0. The number of rotatable bonds is 0. The zero-order valence-electron chi connectivity index (χ0n) is 7.40. The van der Waals surface area contributed by atoms with Gasteiger partial charge in [0.15, 0.2) is 0 Å². The predicted molar refractivity (Wildman–Crippen MR) is 62.5 cm³/mol. The number of nitrogens with zero attached hydrogens (tertiary/aromatic N) is 1. The number of fused-ring (bicyclic) bond motifs is 3. The van der Waals surface area contributed by atoms with Crippen LogP contribution in [0.15, 0.2) is 36.5 Å². The van der Waals surface area contributed by atoms with Crippen LogP contribution in [0.1, 0.15) is 0 Å². The molecule has 1 nitrogen and oxygen atoms in total. The summed E-state index contributed by atoms with van der Waals surface area (Å²) in [6.07, 6.45) is 1.82. The molecule has 0 aliphatic rings. The molecule has 0 bridgehead atoms. The Kier molecular flexibility index (Phi) is 1.61. The third-order valence-corrected chi connectivity index (χ3v) is 3.37. The van der Waals surface area contributed by atoms with E-state index in [4.69, 9.17) is 7.85 Å². The zero-order valence-corrected chi connectivity index (χ0v) is 8.21. The molecule has 0 N–H and O–H groups in total. The number of benzene rings is 1. The Labute approximate surface area is 86.8 Å². The molecule has 0 unspecified atom stereocenters. The van der Waals surface area contributed by atoms with E-state index >= 15 is 0 Å². The summed E-state index contributed by atoms with van der Waals surface area (Å²) >= 11 is 1.70. The van der Waals surface area contributed by atoms with Gasteiger partial charge in [-0.3, -0.25) is 0 Å². The first-order valence-corrected chi connectivity index (χ1v) is 5.19. The summed E-state index contributed by atoms with van der Waals surface area (Å²) in [5.41, 5.74) is 0.807. The van der Waals surface area contributed by atoms with Crippen LogP contribution in [0, 0.1) is 0 Å². The predicted octanol–water partition coefficient (Wildman–Crippen LogP) is 2.24. The van der Waals surface area contributed by atoms with Gasteiger partial charge >= 0.3 is 0 Å². The summed E-state index contributed by atoms with van der Waals surface area (Å²) in [7, 11) is 5.76. The van der Waals surface area contributed by atoms with Crippen LogP contribution in [0.2, 0.25) is 0 Å². The van der Waals surface area contributed by atoms with E-state index in [-0.39, 0.29) is 0 Å². The molecule has 2 aromatic heterocycles. The van der Waals surface area contributed by atoms with Gasteiger partial charge in [-0.05, 0) is 18.2 Å². The van der Waals surface area contributed by atoms with Crippen molar-refractivity contribution in [1.29, 1.82) is 0 Å². The zero-order chi connectivity index (χ0) is 9.54. The minimum absolute atomic E-state index is 0.807. The fourth-order valence-electron chi connectivity index (χ4n) is 1.63. The van der Waals surface area contributed by atoms with Gasteiger partial charge in [0.1, 0.15) is 12.7 Å². The third-order valence-electron chi connectivity index (χ3n) is 2.27. The van der Waals surface area contributed by atoms with Crippen molar-refractivity contribution >= 4 is 44.9 Å². The summed E-state index contributed by atoms with van der Waals surface area (Å²) in [5.74, 6) is 0. The number of pyridine rings is 1. The average Bonchev–Trinajstić information content (AvgIpc) is 2.56. The van der Waals surface area contributed by atoms with Gasteiger partial charge in [0.2, 0.25) is 0 Å². The highest BCUT2D eigenvalue weighted by atomic mass is 32.1. The maximum absolute atomic E-state index is 5.76. The van der Waals surface area contributed by atoms with E-state index in [0.29, 0.717) is 0 Å². The van der Waals surface area contributed by atoms with Gasteiger partial charge in [-0.2, -0.15) is 0 Å². The van der Waals surface area contributed by atoms with Crippen LogP contribution in [0.3, 0.4) is 0 Å². The highest BCUT2D eigenvalue weighted by Gasteiger charge is 2.03. The van der Waals surface area contributed by atoms with Crippen LogP contribution in [-0.2, 0) is 0 Å². The van der Waals surface area contributed by atoms with Gasteiger partial charge in [-0.15, -0.1) is 11.3 Å². The molecule has 0 amide bonds. The lowest BCUT2D eigenvalue weighted by atomic mass is 9.95. The molecule has 0 aliphatic carbocycles. The lowest BCUT2D eigenvalue weighted by Crippen LogP contribution is -1.98. The highest BCUT2D eigenvalue weighted by molar-refractivity contribution is 7.25. The minimum atomic E-state index is 0.807. The maximum atomic E-state index is 5.76. The van der Waals surface area contributed by atoms with Gasteiger partial charge in [0.05, 0.1) is 0 Å². The van der Waals surface area contributed by atoms with E-state index in [9.17, 15) is 0 Å². The Morgan fingerprint density at radius 3 is 3.00 bits per heavy atom. The number of hydrogen-bond acceptors (Lipinski definition) is 2. The van der Waals surface area contributed by atoms with Crippen LogP contribution in [-0.4, -0.2) is 12.8 Å². The Balaban J connectivity index is 2.58. The highest BCUT2D eigenvalue weighted by Crippen LogP contribution is 2.30. The molecular weight excluding hydrogens is 189 g/mol. The molecule has 0 atom stereocenters. The van der Waals surface area contributed by atoms with Crippen LogP contribution in [0.25, 0.3) is 20.3 Å². The molecule has 0 fully saturated rings. The molecule has 2 heterocycles. The average molecular weight is 195 g/mol. The van der Waals surface area contributed by atoms with E-state index in [1.165, 1.54) is 15.5 Å². The molecule has 1 aromatic carbocycles. The van der Waals surface area contributed by atoms with Crippen molar-refractivity contribution in [2.45, 2.75) is 0 Å². The molecule has 0 saturated heterocycles. The molecular formula is C11H6BNS. The quantitative estimate of drug-likeness (QED) is 0.501. The molecule has 2 radical (unpaired) electrons. The van der Waals surface area contributed by atoms with E-state index in [0.717, 1.165) is 10.3 Å². The minimum Gasteiger partial charge on any atom is -0.245 e. The smallest absolute Gasteiger partial charge is 0.124 e. The molecule has 64 valence electrons. The summed E-state index contributed by atoms with van der Waals surface area (Å²) in [4.78, 5) is 5.40. The van der Waals surface area contributed by atoms with E-state index in [1.807, 2.05) is 24.4 Å². The number of thiophene rings is 1.